The molecule has 0 bridgehead atoms. The Morgan fingerprint density at radius 2 is 2.19 bits per heavy atom. The van der Waals surface area contributed by atoms with Crippen LogP contribution in [0, 0.1) is 17.8 Å². The summed E-state index contributed by atoms with van der Waals surface area (Å²) in [6.45, 7) is 3.20. The average molecular weight is 218 g/mol. The average Bonchev–Trinajstić information content (AvgIpc) is 2.31. The van der Waals surface area contributed by atoms with E-state index in [1.807, 2.05) is 12.3 Å². The zero-order chi connectivity index (χ0) is 11.4. The van der Waals surface area contributed by atoms with Crippen LogP contribution in [0.2, 0.25) is 0 Å². The Morgan fingerprint density at radius 1 is 1.31 bits per heavy atom. The molecule has 0 aliphatic heterocycles. The number of hydrogen-bond donors (Lipinski definition) is 1. The third kappa shape index (κ3) is 2.82. The molecular formula is C14H22N2. The fourth-order valence-electron chi connectivity index (χ4n) is 2.91. The standard InChI is InChI=1S/C14H22N2/c1-11-5-6-12(10-15)13(8-11)9-14-4-2-3-7-16-14/h2-4,7,11-13H,5-6,8-10,15H2,1H3. The Bertz CT molecular complexity index is 310. The molecule has 2 rings (SSSR count). The number of hydrogen-bond acceptors (Lipinski definition) is 2. The molecule has 3 unspecified atom stereocenters. The molecular weight excluding hydrogens is 196 g/mol. The van der Waals surface area contributed by atoms with E-state index in [0.29, 0.717) is 5.92 Å². The van der Waals surface area contributed by atoms with Crippen LogP contribution in [-0.4, -0.2) is 11.5 Å². The van der Waals surface area contributed by atoms with Gasteiger partial charge in [-0.15, -0.1) is 0 Å². The predicted molar refractivity (Wildman–Crippen MR) is 67.0 cm³/mol. The highest BCUT2D eigenvalue weighted by molar-refractivity contribution is 5.05. The first-order chi connectivity index (χ1) is 7.79. The van der Waals surface area contributed by atoms with Crippen LogP contribution in [0.15, 0.2) is 24.4 Å². The molecule has 1 aromatic heterocycles. The smallest absolute Gasteiger partial charge is 0.0406 e. The van der Waals surface area contributed by atoms with Crippen LogP contribution in [-0.2, 0) is 6.42 Å². The Morgan fingerprint density at radius 3 is 2.88 bits per heavy atom. The van der Waals surface area contributed by atoms with Crippen molar-refractivity contribution in [3.63, 3.8) is 0 Å². The molecule has 3 atom stereocenters. The fraction of sp³-hybridized carbons (Fsp3) is 0.643. The molecule has 0 amide bonds. The lowest BCUT2D eigenvalue weighted by Crippen LogP contribution is -2.31. The van der Waals surface area contributed by atoms with Crippen LogP contribution in [0.1, 0.15) is 31.9 Å². The molecule has 1 saturated carbocycles. The first kappa shape index (κ1) is 11.6. The summed E-state index contributed by atoms with van der Waals surface area (Å²) in [5, 5.41) is 0. The van der Waals surface area contributed by atoms with E-state index in [1.165, 1.54) is 25.0 Å². The molecule has 0 spiro atoms. The maximum atomic E-state index is 5.87. The van der Waals surface area contributed by atoms with Crippen molar-refractivity contribution >= 4 is 0 Å². The van der Waals surface area contributed by atoms with E-state index in [9.17, 15) is 0 Å². The molecule has 1 aliphatic rings. The van der Waals surface area contributed by atoms with Gasteiger partial charge in [-0.05, 0) is 55.7 Å². The normalized spacial score (nSPS) is 30.2. The summed E-state index contributed by atoms with van der Waals surface area (Å²) in [4.78, 5) is 4.43. The second-order valence-electron chi connectivity index (χ2n) is 5.20. The highest BCUT2D eigenvalue weighted by Gasteiger charge is 2.27. The monoisotopic (exact) mass is 218 g/mol. The van der Waals surface area contributed by atoms with Crippen molar-refractivity contribution in [1.82, 2.24) is 4.98 Å². The van der Waals surface area contributed by atoms with Crippen molar-refractivity contribution in [2.75, 3.05) is 6.54 Å². The number of aromatic nitrogens is 1. The van der Waals surface area contributed by atoms with Gasteiger partial charge in [0.15, 0.2) is 0 Å². The molecule has 0 aromatic carbocycles. The van der Waals surface area contributed by atoms with Gasteiger partial charge >= 0.3 is 0 Å². The van der Waals surface area contributed by atoms with Crippen molar-refractivity contribution in [1.29, 1.82) is 0 Å². The van der Waals surface area contributed by atoms with Gasteiger partial charge in [-0.2, -0.15) is 0 Å². The molecule has 1 aliphatic carbocycles. The molecule has 1 heterocycles. The van der Waals surface area contributed by atoms with Crippen molar-refractivity contribution in [3.05, 3.63) is 30.1 Å². The summed E-state index contributed by atoms with van der Waals surface area (Å²) in [6, 6.07) is 6.19. The lowest BCUT2D eigenvalue weighted by Gasteiger charge is -2.34. The van der Waals surface area contributed by atoms with Crippen LogP contribution < -0.4 is 5.73 Å². The van der Waals surface area contributed by atoms with Crippen molar-refractivity contribution in [2.45, 2.75) is 32.6 Å². The van der Waals surface area contributed by atoms with Crippen LogP contribution in [0.5, 0.6) is 0 Å². The highest BCUT2D eigenvalue weighted by Crippen LogP contribution is 2.34. The van der Waals surface area contributed by atoms with Gasteiger partial charge < -0.3 is 5.73 Å². The number of rotatable bonds is 3. The van der Waals surface area contributed by atoms with Gasteiger partial charge in [-0.3, -0.25) is 4.98 Å². The lowest BCUT2D eigenvalue weighted by molar-refractivity contribution is 0.192. The van der Waals surface area contributed by atoms with Gasteiger partial charge in [0.1, 0.15) is 0 Å². The van der Waals surface area contributed by atoms with Gasteiger partial charge in [-0.25, -0.2) is 0 Å². The highest BCUT2D eigenvalue weighted by atomic mass is 14.7. The quantitative estimate of drug-likeness (QED) is 0.847. The largest absolute Gasteiger partial charge is 0.330 e. The molecule has 1 fully saturated rings. The summed E-state index contributed by atoms with van der Waals surface area (Å²) in [5.74, 6) is 2.30. The molecule has 88 valence electrons. The maximum absolute atomic E-state index is 5.87. The van der Waals surface area contributed by atoms with Gasteiger partial charge in [0.05, 0.1) is 0 Å². The summed E-state index contributed by atoms with van der Waals surface area (Å²) >= 11 is 0. The molecule has 2 N–H and O–H groups in total. The third-order valence-electron chi connectivity index (χ3n) is 3.90. The van der Waals surface area contributed by atoms with E-state index in [4.69, 9.17) is 5.73 Å². The molecule has 1 aromatic rings. The summed E-state index contributed by atoms with van der Waals surface area (Å²) in [5.41, 5.74) is 7.09. The van der Waals surface area contributed by atoms with Gasteiger partial charge in [0.25, 0.3) is 0 Å². The number of nitrogens with two attached hydrogens (primary N) is 1. The maximum Gasteiger partial charge on any atom is 0.0406 e. The van der Waals surface area contributed by atoms with Crippen LogP contribution in [0.4, 0.5) is 0 Å². The van der Waals surface area contributed by atoms with E-state index in [-0.39, 0.29) is 0 Å². The summed E-state index contributed by atoms with van der Waals surface area (Å²) in [6.07, 6.45) is 6.96. The molecule has 0 radical (unpaired) electrons. The zero-order valence-corrected chi connectivity index (χ0v) is 10.1. The molecule has 16 heavy (non-hydrogen) atoms. The van der Waals surface area contributed by atoms with Crippen molar-refractivity contribution < 1.29 is 0 Å². The minimum atomic E-state index is 0.707. The van der Waals surface area contributed by atoms with E-state index in [1.54, 1.807) is 0 Å². The lowest BCUT2D eigenvalue weighted by atomic mass is 9.73. The second-order valence-corrected chi connectivity index (χ2v) is 5.20. The molecule has 2 heteroatoms. The topological polar surface area (TPSA) is 38.9 Å². The Balaban J connectivity index is 2.01. The Labute approximate surface area is 98.3 Å². The molecule has 2 nitrogen and oxygen atoms in total. The molecule has 0 saturated heterocycles. The van der Waals surface area contributed by atoms with Crippen LogP contribution in [0.3, 0.4) is 0 Å². The predicted octanol–water partition coefficient (Wildman–Crippen LogP) is 2.64. The van der Waals surface area contributed by atoms with E-state index >= 15 is 0 Å². The number of nitrogens with zero attached hydrogens (tertiary/aromatic N) is 1. The number of pyridine rings is 1. The van der Waals surface area contributed by atoms with Gasteiger partial charge in [0, 0.05) is 11.9 Å². The fourth-order valence-corrected chi connectivity index (χ4v) is 2.91. The summed E-state index contributed by atoms with van der Waals surface area (Å²) < 4.78 is 0. The van der Waals surface area contributed by atoms with E-state index < -0.39 is 0 Å². The van der Waals surface area contributed by atoms with Gasteiger partial charge in [0.2, 0.25) is 0 Å². The van der Waals surface area contributed by atoms with Crippen LogP contribution in [0.25, 0.3) is 0 Å². The van der Waals surface area contributed by atoms with Crippen LogP contribution >= 0.6 is 0 Å². The first-order valence-electron chi connectivity index (χ1n) is 6.39. The minimum Gasteiger partial charge on any atom is -0.330 e. The minimum absolute atomic E-state index is 0.707. The van der Waals surface area contributed by atoms with E-state index in [0.717, 1.165) is 24.8 Å². The van der Waals surface area contributed by atoms with Gasteiger partial charge in [-0.1, -0.05) is 19.4 Å². The second kappa shape index (κ2) is 5.44. The SMILES string of the molecule is CC1CCC(CN)C(Cc2ccccn2)C1. The van der Waals surface area contributed by atoms with Crippen molar-refractivity contribution in [3.8, 4) is 0 Å². The summed E-state index contributed by atoms with van der Waals surface area (Å²) in [7, 11) is 0. The van der Waals surface area contributed by atoms with Crippen molar-refractivity contribution in [2.24, 2.45) is 23.5 Å². The van der Waals surface area contributed by atoms with E-state index in [2.05, 4.69) is 24.0 Å². The first-order valence-corrected chi connectivity index (χ1v) is 6.39. The Hall–Kier alpha value is -0.890. The third-order valence-corrected chi connectivity index (χ3v) is 3.90. The zero-order valence-electron chi connectivity index (χ0n) is 10.1. The Kier molecular flexibility index (Phi) is 3.94.